The van der Waals surface area contributed by atoms with E-state index in [0.29, 0.717) is 5.75 Å². The van der Waals surface area contributed by atoms with Gasteiger partial charge in [-0.3, -0.25) is 0 Å². The van der Waals surface area contributed by atoms with Crippen LogP contribution in [0.3, 0.4) is 0 Å². The average molecular weight is 318 g/mol. The second kappa shape index (κ2) is 12.2. The zero-order chi connectivity index (χ0) is 16.9. The molecule has 2 heteroatoms. The Balaban J connectivity index is 2.45. The normalized spacial score (nSPS) is 11.9. The Hall–Kier alpha value is -1.28. The summed E-state index contributed by atoms with van der Waals surface area (Å²) >= 11 is 0. The molecule has 2 N–H and O–H groups in total. The van der Waals surface area contributed by atoms with E-state index in [4.69, 9.17) is 0 Å². The molecular formula is C21H35NO. The monoisotopic (exact) mass is 317 g/mol. The van der Waals surface area contributed by atoms with E-state index in [2.05, 4.69) is 32.2 Å². The van der Waals surface area contributed by atoms with Crippen LogP contribution >= 0.6 is 0 Å². The molecule has 0 aromatic heterocycles. The maximum Gasteiger partial charge on any atom is 0.116 e. The number of allylic oxidation sites excluding steroid dienone is 1. The van der Waals surface area contributed by atoms with Crippen molar-refractivity contribution in [3.63, 3.8) is 0 Å². The first-order valence-electron chi connectivity index (χ1n) is 9.38. The fourth-order valence-electron chi connectivity index (χ4n) is 2.82. The highest BCUT2D eigenvalue weighted by Gasteiger charge is 2.06. The van der Waals surface area contributed by atoms with Crippen molar-refractivity contribution in [2.75, 3.05) is 13.1 Å². The van der Waals surface area contributed by atoms with Gasteiger partial charge in [-0.25, -0.2) is 0 Å². The summed E-state index contributed by atoms with van der Waals surface area (Å²) in [6.07, 6.45) is 12.3. The number of phenolic OH excluding ortho intramolecular Hbond substituents is 1. The molecule has 0 aliphatic carbocycles. The molecule has 1 aromatic carbocycles. The molecule has 0 bridgehead atoms. The second-order valence-corrected chi connectivity index (χ2v) is 6.43. The van der Waals surface area contributed by atoms with Crippen LogP contribution in [0.25, 0.3) is 5.57 Å². The van der Waals surface area contributed by atoms with Crippen LogP contribution < -0.4 is 5.32 Å². The third-order valence-corrected chi connectivity index (χ3v) is 4.27. The Labute approximate surface area is 143 Å². The largest absolute Gasteiger partial charge is 0.508 e. The Morgan fingerprint density at radius 3 is 2.57 bits per heavy atom. The lowest BCUT2D eigenvalue weighted by Crippen LogP contribution is -2.17. The van der Waals surface area contributed by atoms with Gasteiger partial charge in [0.1, 0.15) is 5.75 Å². The van der Waals surface area contributed by atoms with Crippen LogP contribution in [0.5, 0.6) is 5.75 Å². The molecule has 0 heterocycles. The van der Waals surface area contributed by atoms with Crippen molar-refractivity contribution >= 4 is 5.57 Å². The summed E-state index contributed by atoms with van der Waals surface area (Å²) in [7, 11) is 0. The standard InChI is InChI=1S/C21H35NO/c1-4-6-8-9-10-15-22-16-14-19(11-7-5-2)21-17-20(23)13-12-18(21)3/h11-13,17,22-23H,4-10,14-16H2,1-3H3/b19-11-. The molecular weight excluding hydrogens is 282 g/mol. The van der Waals surface area contributed by atoms with Gasteiger partial charge < -0.3 is 10.4 Å². The van der Waals surface area contributed by atoms with E-state index in [1.807, 2.05) is 12.1 Å². The first kappa shape index (κ1) is 19.8. The van der Waals surface area contributed by atoms with E-state index in [1.165, 1.54) is 48.8 Å². The van der Waals surface area contributed by atoms with Crippen LogP contribution in [-0.2, 0) is 0 Å². The van der Waals surface area contributed by atoms with E-state index >= 15 is 0 Å². The topological polar surface area (TPSA) is 32.3 Å². The van der Waals surface area contributed by atoms with Gasteiger partial charge in [0.15, 0.2) is 0 Å². The van der Waals surface area contributed by atoms with E-state index in [1.54, 1.807) is 6.07 Å². The van der Waals surface area contributed by atoms with Gasteiger partial charge in [0.25, 0.3) is 0 Å². The van der Waals surface area contributed by atoms with Crippen molar-refractivity contribution < 1.29 is 5.11 Å². The van der Waals surface area contributed by atoms with Crippen molar-refractivity contribution in [1.29, 1.82) is 0 Å². The Bertz CT molecular complexity index is 465. The molecule has 0 amide bonds. The number of unbranched alkanes of at least 4 members (excludes halogenated alkanes) is 5. The van der Waals surface area contributed by atoms with Crippen molar-refractivity contribution in [2.24, 2.45) is 0 Å². The summed E-state index contributed by atoms with van der Waals surface area (Å²) in [5.41, 5.74) is 3.80. The zero-order valence-corrected chi connectivity index (χ0v) is 15.3. The highest BCUT2D eigenvalue weighted by atomic mass is 16.3. The van der Waals surface area contributed by atoms with Gasteiger partial charge in [-0.2, -0.15) is 0 Å². The minimum atomic E-state index is 0.358. The molecule has 0 saturated carbocycles. The van der Waals surface area contributed by atoms with Crippen molar-refractivity contribution in [3.8, 4) is 5.75 Å². The molecule has 1 aromatic rings. The quantitative estimate of drug-likeness (QED) is 0.475. The SMILES string of the molecule is CCC/C=C(/CCNCCCCCCC)c1cc(O)ccc1C. The Kier molecular flexibility index (Phi) is 10.5. The van der Waals surface area contributed by atoms with E-state index < -0.39 is 0 Å². The maximum atomic E-state index is 9.78. The Morgan fingerprint density at radius 1 is 1.04 bits per heavy atom. The third-order valence-electron chi connectivity index (χ3n) is 4.27. The number of hydrogen-bond donors (Lipinski definition) is 2. The van der Waals surface area contributed by atoms with E-state index in [0.717, 1.165) is 32.4 Å². The fraction of sp³-hybridized carbons (Fsp3) is 0.619. The lowest BCUT2D eigenvalue weighted by atomic mass is 9.96. The van der Waals surface area contributed by atoms with Crippen LogP contribution in [-0.4, -0.2) is 18.2 Å². The fourth-order valence-corrected chi connectivity index (χ4v) is 2.82. The van der Waals surface area contributed by atoms with E-state index in [-0.39, 0.29) is 0 Å². The van der Waals surface area contributed by atoms with Crippen LogP contribution in [0.2, 0.25) is 0 Å². The predicted molar refractivity (Wildman–Crippen MR) is 102 cm³/mol. The van der Waals surface area contributed by atoms with Crippen molar-refractivity contribution in [2.45, 2.75) is 72.1 Å². The zero-order valence-electron chi connectivity index (χ0n) is 15.3. The minimum Gasteiger partial charge on any atom is -0.508 e. The van der Waals surface area contributed by atoms with Gasteiger partial charge in [-0.1, -0.05) is 58.1 Å². The number of rotatable bonds is 12. The minimum absolute atomic E-state index is 0.358. The number of hydrogen-bond acceptors (Lipinski definition) is 2. The molecule has 0 aliphatic rings. The number of aromatic hydroxyl groups is 1. The van der Waals surface area contributed by atoms with Gasteiger partial charge in [-0.15, -0.1) is 0 Å². The molecule has 0 atom stereocenters. The van der Waals surface area contributed by atoms with Crippen molar-refractivity contribution in [3.05, 3.63) is 35.4 Å². The number of nitrogens with one attached hydrogen (secondary N) is 1. The molecule has 2 nitrogen and oxygen atoms in total. The van der Waals surface area contributed by atoms with Gasteiger partial charge in [0, 0.05) is 0 Å². The molecule has 0 radical (unpaired) electrons. The van der Waals surface area contributed by atoms with Gasteiger partial charge >= 0.3 is 0 Å². The Morgan fingerprint density at radius 2 is 1.83 bits per heavy atom. The van der Waals surface area contributed by atoms with E-state index in [9.17, 15) is 5.11 Å². The summed E-state index contributed by atoms with van der Waals surface area (Å²) < 4.78 is 0. The average Bonchev–Trinajstić information content (AvgIpc) is 2.55. The van der Waals surface area contributed by atoms with Crippen LogP contribution in [0, 0.1) is 6.92 Å². The molecule has 0 fully saturated rings. The van der Waals surface area contributed by atoms with Crippen molar-refractivity contribution in [1.82, 2.24) is 5.32 Å². The molecule has 1 rings (SSSR count). The van der Waals surface area contributed by atoms with Gasteiger partial charge in [0.05, 0.1) is 0 Å². The highest BCUT2D eigenvalue weighted by molar-refractivity contribution is 5.69. The summed E-state index contributed by atoms with van der Waals surface area (Å²) in [5, 5.41) is 13.4. The smallest absolute Gasteiger partial charge is 0.116 e. The lowest BCUT2D eigenvalue weighted by Gasteiger charge is -2.13. The maximum absolute atomic E-state index is 9.78. The van der Waals surface area contributed by atoms with Gasteiger partial charge in [-0.05, 0) is 68.1 Å². The highest BCUT2D eigenvalue weighted by Crippen LogP contribution is 2.26. The summed E-state index contributed by atoms with van der Waals surface area (Å²) in [5.74, 6) is 0.358. The summed E-state index contributed by atoms with van der Waals surface area (Å²) in [6, 6.07) is 5.68. The molecule has 0 spiro atoms. The number of phenols is 1. The molecule has 0 unspecified atom stereocenters. The number of aryl methyl sites for hydroxylation is 1. The molecule has 23 heavy (non-hydrogen) atoms. The van der Waals surface area contributed by atoms with Crippen LogP contribution in [0.1, 0.15) is 76.3 Å². The number of benzene rings is 1. The predicted octanol–water partition coefficient (Wildman–Crippen LogP) is 5.83. The van der Waals surface area contributed by atoms with Crippen LogP contribution in [0.4, 0.5) is 0 Å². The summed E-state index contributed by atoms with van der Waals surface area (Å²) in [4.78, 5) is 0. The lowest BCUT2D eigenvalue weighted by molar-refractivity contribution is 0.475. The third kappa shape index (κ3) is 8.22. The van der Waals surface area contributed by atoms with Gasteiger partial charge in [0.2, 0.25) is 0 Å². The first-order chi connectivity index (χ1) is 11.2. The van der Waals surface area contributed by atoms with Crippen LogP contribution in [0.15, 0.2) is 24.3 Å². The molecule has 0 aliphatic heterocycles. The second-order valence-electron chi connectivity index (χ2n) is 6.43. The molecule has 0 saturated heterocycles. The first-order valence-corrected chi connectivity index (χ1v) is 9.38. The molecule has 130 valence electrons. The summed E-state index contributed by atoms with van der Waals surface area (Å²) in [6.45, 7) is 8.71.